The van der Waals surface area contributed by atoms with E-state index in [0.29, 0.717) is 12.0 Å². The first-order valence-electron chi connectivity index (χ1n) is 5.00. The molecule has 76 valence electrons. The number of rotatable bonds is 2. The normalized spacial score (nSPS) is 30.6. The van der Waals surface area contributed by atoms with Gasteiger partial charge in [0.15, 0.2) is 0 Å². The summed E-state index contributed by atoms with van der Waals surface area (Å²) >= 11 is 3.41. The van der Waals surface area contributed by atoms with Crippen LogP contribution in [0.3, 0.4) is 0 Å². The highest BCUT2D eigenvalue weighted by Gasteiger charge is 2.32. The van der Waals surface area contributed by atoms with Gasteiger partial charge in [-0.25, -0.2) is 0 Å². The van der Waals surface area contributed by atoms with Crippen molar-refractivity contribution in [3.8, 4) is 0 Å². The number of hydrogen-bond donors (Lipinski definition) is 0. The molecule has 3 atom stereocenters. The van der Waals surface area contributed by atoms with Gasteiger partial charge in [-0.05, 0) is 25.7 Å². The molecule has 0 bridgehead atoms. The van der Waals surface area contributed by atoms with Crippen LogP contribution < -0.4 is 0 Å². The van der Waals surface area contributed by atoms with E-state index < -0.39 is 0 Å². The van der Waals surface area contributed by atoms with Crippen LogP contribution in [0, 0.1) is 5.92 Å². The maximum atomic E-state index is 11.8. The van der Waals surface area contributed by atoms with Crippen molar-refractivity contribution in [3.05, 3.63) is 0 Å². The molecule has 1 heterocycles. The highest BCUT2D eigenvalue weighted by Crippen LogP contribution is 2.24. The number of amides is 1. The Balaban J connectivity index is 2.57. The van der Waals surface area contributed by atoms with Gasteiger partial charge in [0.2, 0.25) is 5.91 Å². The molecule has 0 N–H and O–H groups in total. The second-order valence-corrected chi connectivity index (χ2v) is 5.16. The zero-order chi connectivity index (χ0) is 10.0. The Labute approximate surface area is 88.8 Å². The van der Waals surface area contributed by atoms with Gasteiger partial charge in [-0.2, -0.15) is 0 Å². The van der Waals surface area contributed by atoms with Gasteiger partial charge in [0.25, 0.3) is 0 Å². The molecule has 0 radical (unpaired) electrons. The third kappa shape index (κ3) is 2.46. The third-order valence-corrected chi connectivity index (χ3v) is 3.73. The predicted octanol–water partition coefficient (Wildman–Crippen LogP) is 2.42. The van der Waals surface area contributed by atoms with Crippen LogP contribution in [0.1, 0.15) is 33.6 Å². The molecule has 0 aromatic heterocycles. The number of carbonyl (C=O) groups is 1. The smallest absolute Gasteiger partial charge is 0.236 e. The van der Waals surface area contributed by atoms with Crippen molar-refractivity contribution in [3.63, 3.8) is 0 Å². The van der Waals surface area contributed by atoms with Gasteiger partial charge in [-0.1, -0.05) is 29.8 Å². The minimum atomic E-state index is 0.0141. The molecular formula is C10H18BrNO. The number of hydrogen-bond acceptors (Lipinski definition) is 1. The van der Waals surface area contributed by atoms with Gasteiger partial charge in [0.1, 0.15) is 0 Å². The van der Waals surface area contributed by atoms with Crippen molar-refractivity contribution in [2.24, 2.45) is 5.92 Å². The van der Waals surface area contributed by atoms with E-state index in [9.17, 15) is 4.79 Å². The van der Waals surface area contributed by atoms with Crippen molar-refractivity contribution in [1.82, 2.24) is 4.90 Å². The zero-order valence-corrected chi connectivity index (χ0v) is 10.2. The lowest BCUT2D eigenvalue weighted by Crippen LogP contribution is -2.38. The Hall–Kier alpha value is -0.0500. The number of carbonyl (C=O) groups excluding carboxylic acids is 1. The van der Waals surface area contributed by atoms with E-state index in [4.69, 9.17) is 0 Å². The maximum Gasteiger partial charge on any atom is 0.236 e. The van der Waals surface area contributed by atoms with E-state index in [-0.39, 0.29) is 10.7 Å². The quantitative estimate of drug-likeness (QED) is 0.687. The topological polar surface area (TPSA) is 20.3 Å². The highest BCUT2D eigenvalue weighted by atomic mass is 79.9. The fourth-order valence-corrected chi connectivity index (χ4v) is 2.22. The fourth-order valence-electron chi connectivity index (χ4n) is 1.96. The van der Waals surface area contributed by atoms with Crippen LogP contribution in [-0.4, -0.2) is 28.2 Å². The van der Waals surface area contributed by atoms with Gasteiger partial charge in [-0.15, -0.1) is 0 Å². The monoisotopic (exact) mass is 247 g/mol. The maximum absolute atomic E-state index is 11.8. The highest BCUT2D eigenvalue weighted by molar-refractivity contribution is 9.10. The Morgan fingerprint density at radius 1 is 1.62 bits per heavy atom. The van der Waals surface area contributed by atoms with Crippen molar-refractivity contribution < 1.29 is 4.79 Å². The molecule has 0 aliphatic carbocycles. The van der Waals surface area contributed by atoms with Crippen molar-refractivity contribution in [2.45, 2.75) is 44.5 Å². The minimum Gasteiger partial charge on any atom is -0.339 e. The van der Waals surface area contributed by atoms with E-state index in [1.807, 2.05) is 11.8 Å². The summed E-state index contributed by atoms with van der Waals surface area (Å²) in [6.07, 6.45) is 2.02. The first kappa shape index (κ1) is 11.0. The van der Waals surface area contributed by atoms with Crippen LogP contribution in [0.25, 0.3) is 0 Å². The average Bonchev–Trinajstić information content (AvgIpc) is 2.42. The van der Waals surface area contributed by atoms with Crippen LogP contribution in [0.15, 0.2) is 0 Å². The SMILES string of the molecule is CCC(Br)C(=O)N1CC(C)CC1C. The molecule has 0 saturated carbocycles. The molecule has 0 aromatic carbocycles. The van der Waals surface area contributed by atoms with Crippen LogP contribution in [0.5, 0.6) is 0 Å². The Morgan fingerprint density at radius 3 is 2.62 bits per heavy atom. The standard InChI is InChI=1S/C10H18BrNO/c1-4-9(11)10(13)12-6-7(2)5-8(12)3/h7-9H,4-6H2,1-3H3. The summed E-state index contributed by atoms with van der Waals surface area (Å²) in [5, 5.41) is 0. The minimum absolute atomic E-state index is 0.0141. The summed E-state index contributed by atoms with van der Waals surface area (Å²) in [5.74, 6) is 0.926. The Kier molecular flexibility index (Phi) is 3.77. The molecule has 3 heteroatoms. The Bertz CT molecular complexity index is 195. The van der Waals surface area contributed by atoms with Crippen LogP contribution in [-0.2, 0) is 4.79 Å². The Morgan fingerprint density at radius 2 is 2.23 bits per heavy atom. The van der Waals surface area contributed by atoms with E-state index in [2.05, 4.69) is 29.8 Å². The van der Waals surface area contributed by atoms with E-state index in [1.165, 1.54) is 0 Å². The summed E-state index contributed by atoms with van der Waals surface area (Å²) in [7, 11) is 0. The average molecular weight is 248 g/mol. The molecular weight excluding hydrogens is 230 g/mol. The summed E-state index contributed by atoms with van der Waals surface area (Å²) in [4.78, 5) is 13.8. The zero-order valence-electron chi connectivity index (χ0n) is 8.59. The fraction of sp³-hybridized carbons (Fsp3) is 0.900. The van der Waals surface area contributed by atoms with Gasteiger partial charge in [-0.3, -0.25) is 4.79 Å². The van der Waals surface area contributed by atoms with Crippen LogP contribution >= 0.6 is 15.9 Å². The molecule has 1 aliphatic heterocycles. The largest absolute Gasteiger partial charge is 0.339 e. The lowest BCUT2D eigenvalue weighted by molar-refractivity contribution is -0.131. The lowest BCUT2D eigenvalue weighted by Gasteiger charge is -2.23. The molecule has 1 amide bonds. The number of nitrogens with zero attached hydrogens (tertiary/aromatic N) is 1. The first-order chi connectivity index (χ1) is 6.06. The molecule has 1 aliphatic rings. The molecule has 1 rings (SSSR count). The second-order valence-electron chi connectivity index (χ2n) is 4.06. The summed E-state index contributed by atoms with van der Waals surface area (Å²) in [6.45, 7) is 7.30. The molecule has 13 heavy (non-hydrogen) atoms. The molecule has 2 nitrogen and oxygen atoms in total. The van der Waals surface area contributed by atoms with Gasteiger partial charge >= 0.3 is 0 Å². The number of likely N-dealkylation sites (tertiary alicyclic amines) is 1. The third-order valence-electron chi connectivity index (χ3n) is 2.69. The van der Waals surface area contributed by atoms with Crippen molar-refractivity contribution >= 4 is 21.8 Å². The van der Waals surface area contributed by atoms with Gasteiger partial charge in [0.05, 0.1) is 4.83 Å². The van der Waals surface area contributed by atoms with E-state index in [0.717, 1.165) is 19.4 Å². The van der Waals surface area contributed by atoms with Crippen molar-refractivity contribution in [1.29, 1.82) is 0 Å². The molecule has 0 spiro atoms. The summed E-state index contributed by atoms with van der Waals surface area (Å²) in [5.41, 5.74) is 0. The van der Waals surface area contributed by atoms with E-state index >= 15 is 0 Å². The second kappa shape index (κ2) is 4.45. The molecule has 1 fully saturated rings. The lowest BCUT2D eigenvalue weighted by atomic mass is 10.1. The summed E-state index contributed by atoms with van der Waals surface area (Å²) in [6, 6.07) is 0.425. The van der Waals surface area contributed by atoms with Gasteiger partial charge in [0, 0.05) is 12.6 Å². The number of alkyl halides is 1. The van der Waals surface area contributed by atoms with E-state index in [1.54, 1.807) is 0 Å². The summed E-state index contributed by atoms with van der Waals surface area (Å²) < 4.78 is 0. The van der Waals surface area contributed by atoms with Crippen LogP contribution in [0.2, 0.25) is 0 Å². The number of halogens is 1. The first-order valence-corrected chi connectivity index (χ1v) is 5.92. The van der Waals surface area contributed by atoms with Crippen LogP contribution in [0.4, 0.5) is 0 Å². The predicted molar refractivity (Wildman–Crippen MR) is 58.0 cm³/mol. The van der Waals surface area contributed by atoms with Crippen molar-refractivity contribution in [2.75, 3.05) is 6.54 Å². The molecule has 0 aromatic rings. The molecule has 3 unspecified atom stereocenters. The van der Waals surface area contributed by atoms with Gasteiger partial charge < -0.3 is 4.90 Å². The molecule has 1 saturated heterocycles.